The van der Waals surface area contributed by atoms with E-state index in [0.717, 1.165) is 43.0 Å². The van der Waals surface area contributed by atoms with Crippen LogP contribution in [0.1, 0.15) is 16.7 Å². The van der Waals surface area contributed by atoms with Gasteiger partial charge in [0.15, 0.2) is 0 Å². The second-order valence-electron chi connectivity index (χ2n) is 7.79. The summed E-state index contributed by atoms with van der Waals surface area (Å²) in [5, 5.41) is 1.95. The molecule has 0 aliphatic carbocycles. The normalized spacial score (nSPS) is 14.5. The Hall–Kier alpha value is -3.18. The van der Waals surface area contributed by atoms with E-state index < -0.39 is 29.4 Å². The lowest BCUT2D eigenvalue weighted by molar-refractivity contribution is -0.127. The fourth-order valence-corrected chi connectivity index (χ4v) is 4.92. The number of amides is 3. The fourth-order valence-electron chi connectivity index (χ4n) is 3.38. The number of hydrogen-bond acceptors (Lipinski definition) is 5. The summed E-state index contributed by atoms with van der Waals surface area (Å²) in [4.78, 5) is 38.5. The molecule has 0 aromatic heterocycles. The SMILES string of the molecule is Cc1cccc(COc2ccc(/C=C3/SC(=O)N(CC(=O)Nc4cccc(F)c4)C3=O)cc2I)c1. The topological polar surface area (TPSA) is 75.7 Å². The van der Waals surface area contributed by atoms with Gasteiger partial charge in [0.2, 0.25) is 5.91 Å². The van der Waals surface area contributed by atoms with Crippen LogP contribution in [0.3, 0.4) is 0 Å². The average molecular weight is 602 g/mol. The third kappa shape index (κ3) is 6.49. The number of carbonyl (C=O) groups is 3. The van der Waals surface area contributed by atoms with Crippen molar-refractivity contribution in [1.82, 2.24) is 4.90 Å². The van der Waals surface area contributed by atoms with E-state index >= 15 is 0 Å². The van der Waals surface area contributed by atoms with Gasteiger partial charge in [-0.2, -0.15) is 0 Å². The Morgan fingerprint density at radius 1 is 1.11 bits per heavy atom. The van der Waals surface area contributed by atoms with Crippen molar-refractivity contribution in [3.8, 4) is 5.75 Å². The van der Waals surface area contributed by atoms with Crippen molar-refractivity contribution in [2.24, 2.45) is 0 Å². The molecule has 0 radical (unpaired) electrons. The second kappa shape index (κ2) is 11.0. The van der Waals surface area contributed by atoms with Crippen LogP contribution in [0, 0.1) is 16.3 Å². The largest absolute Gasteiger partial charge is 0.488 e. The molecule has 1 aliphatic rings. The van der Waals surface area contributed by atoms with Gasteiger partial charge in [-0.05, 0) is 88.8 Å². The third-order valence-electron chi connectivity index (χ3n) is 5.01. The first-order valence-corrected chi connectivity index (χ1v) is 12.5. The molecule has 1 fully saturated rings. The predicted molar refractivity (Wildman–Crippen MR) is 142 cm³/mol. The van der Waals surface area contributed by atoms with Crippen molar-refractivity contribution < 1.29 is 23.5 Å². The molecule has 1 N–H and O–H groups in total. The maximum Gasteiger partial charge on any atom is 0.294 e. The van der Waals surface area contributed by atoms with Crippen LogP contribution in [0.2, 0.25) is 0 Å². The minimum absolute atomic E-state index is 0.220. The van der Waals surface area contributed by atoms with Crippen LogP contribution in [0.5, 0.6) is 5.75 Å². The summed E-state index contributed by atoms with van der Waals surface area (Å²) in [6.45, 7) is 2.01. The number of imide groups is 1. The van der Waals surface area contributed by atoms with Gasteiger partial charge in [-0.1, -0.05) is 42.0 Å². The molecule has 1 heterocycles. The van der Waals surface area contributed by atoms with E-state index in [1.54, 1.807) is 12.1 Å². The highest BCUT2D eigenvalue weighted by Crippen LogP contribution is 2.33. The molecule has 0 bridgehead atoms. The molecular formula is C26H20FIN2O4S. The molecule has 3 aromatic rings. The van der Waals surface area contributed by atoms with Gasteiger partial charge in [0.1, 0.15) is 24.7 Å². The summed E-state index contributed by atoms with van der Waals surface area (Å²) in [6, 6.07) is 18.9. The van der Waals surface area contributed by atoms with Crippen LogP contribution in [0.4, 0.5) is 14.9 Å². The lowest BCUT2D eigenvalue weighted by atomic mass is 10.1. The third-order valence-corrected chi connectivity index (χ3v) is 6.76. The number of carbonyl (C=O) groups excluding carboxylic acids is 3. The van der Waals surface area contributed by atoms with E-state index in [1.165, 1.54) is 18.2 Å². The van der Waals surface area contributed by atoms with Gasteiger partial charge in [0.25, 0.3) is 11.1 Å². The van der Waals surface area contributed by atoms with Crippen LogP contribution in [0.25, 0.3) is 6.08 Å². The molecule has 178 valence electrons. The summed E-state index contributed by atoms with van der Waals surface area (Å²) in [7, 11) is 0. The number of halogens is 2. The Kier molecular flexibility index (Phi) is 7.86. The highest BCUT2D eigenvalue weighted by Gasteiger charge is 2.36. The number of nitrogens with zero attached hydrogens (tertiary/aromatic N) is 1. The lowest BCUT2D eigenvalue weighted by Crippen LogP contribution is -2.36. The summed E-state index contributed by atoms with van der Waals surface area (Å²) in [5.41, 5.74) is 3.21. The van der Waals surface area contributed by atoms with Crippen molar-refractivity contribution in [3.05, 3.63) is 97.7 Å². The van der Waals surface area contributed by atoms with Crippen LogP contribution >= 0.6 is 34.4 Å². The van der Waals surface area contributed by atoms with Crippen molar-refractivity contribution in [3.63, 3.8) is 0 Å². The van der Waals surface area contributed by atoms with Gasteiger partial charge < -0.3 is 10.1 Å². The zero-order valence-electron chi connectivity index (χ0n) is 18.6. The first-order chi connectivity index (χ1) is 16.8. The van der Waals surface area contributed by atoms with Crippen LogP contribution in [-0.4, -0.2) is 28.5 Å². The molecule has 9 heteroatoms. The van der Waals surface area contributed by atoms with E-state index in [1.807, 2.05) is 37.3 Å². The van der Waals surface area contributed by atoms with E-state index in [4.69, 9.17) is 4.74 Å². The Bertz CT molecular complexity index is 1340. The fraction of sp³-hybridized carbons (Fsp3) is 0.115. The van der Waals surface area contributed by atoms with Crippen LogP contribution in [-0.2, 0) is 16.2 Å². The van der Waals surface area contributed by atoms with Gasteiger partial charge in [-0.25, -0.2) is 4.39 Å². The van der Waals surface area contributed by atoms with Gasteiger partial charge in [-0.15, -0.1) is 0 Å². The summed E-state index contributed by atoms with van der Waals surface area (Å²) >= 11 is 2.93. The highest BCUT2D eigenvalue weighted by atomic mass is 127. The maximum absolute atomic E-state index is 13.3. The quantitative estimate of drug-likeness (QED) is 0.266. The molecule has 0 unspecified atom stereocenters. The monoisotopic (exact) mass is 602 g/mol. The van der Waals surface area contributed by atoms with Crippen molar-refractivity contribution >= 4 is 63.2 Å². The van der Waals surface area contributed by atoms with E-state index in [0.29, 0.717) is 12.4 Å². The number of hydrogen-bond donors (Lipinski definition) is 1. The molecule has 35 heavy (non-hydrogen) atoms. The molecule has 0 atom stereocenters. The van der Waals surface area contributed by atoms with E-state index in [-0.39, 0.29) is 10.6 Å². The number of rotatable bonds is 7. The molecule has 6 nitrogen and oxygen atoms in total. The first kappa shape index (κ1) is 24.9. The van der Waals surface area contributed by atoms with Crippen molar-refractivity contribution in [2.75, 3.05) is 11.9 Å². The molecule has 3 aromatic carbocycles. The number of nitrogens with one attached hydrogen (secondary N) is 1. The predicted octanol–water partition coefficient (Wildman–Crippen LogP) is 5.99. The summed E-state index contributed by atoms with van der Waals surface area (Å²) < 4.78 is 20.1. The molecule has 1 saturated heterocycles. The van der Waals surface area contributed by atoms with E-state index in [9.17, 15) is 18.8 Å². The first-order valence-electron chi connectivity index (χ1n) is 10.6. The van der Waals surface area contributed by atoms with E-state index in [2.05, 4.69) is 34.0 Å². The number of ether oxygens (including phenoxy) is 1. The Morgan fingerprint density at radius 2 is 1.91 bits per heavy atom. The number of thioether (sulfide) groups is 1. The van der Waals surface area contributed by atoms with Crippen molar-refractivity contribution in [1.29, 1.82) is 0 Å². The van der Waals surface area contributed by atoms with Crippen LogP contribution in [0.15, 0.2) is 71.6 Å². The van der Waals surface area contributed by atoms with Gasteiger partial charge in [0, 0.05) is 5.69 Å². The Morgan fingerprint density at radius 3 is 2.66 bits per heavy atom. The molecule has 0 spiro atoms. The molecule has 0 saturated carbocycles. The van der Waals surface area contributed by atoms with Crippen molar-refractivity contribution in [2.45, 2.75) is 13.5 Å². The number of aryl methyl sites for hydroxylation is 1. The van der Waals surface area contributed by atoms with Gasteiger partial charge in [-0.3, -0.25) is 19.3 Å². The maximum atomic E-state index is 13.3. The minimum atomic E-state index is -0.594. The molecular weight excluding hydrogens is 582 g/mol. The number of anilines is 1. The molecule has 4 rings (SSSR count). The number of benzene rings is 3. The highest BCUT2D eigenvalue weighted by molar-refractivity contribution is 14.1. The summed E-state index contributed by atoms with van der Waals surface area (Å²) in [5.74, 6) is -0.933. The smallest absolute Gasteiger partial charge is 0.294 e. The summed E-state index contributed by atoms with van der Waals surface area (Å²) in [6.07, 6.45) is 1.61. The molecule has 3 amide bonds. The minimum Gasteiger partial charge on any atom is -0.488 e. The lowest BCUT2D eigenvalue weighted by Gasteiger charge is -2.12. The van der Waals surface area contributed by atoms with Gasteiger partial charge in [0.05, 0.1) is 8.48 Å². The zero-order valence-corrected chi connectivity index (χ0v) is 21.6. The standard InChI is InChI=1S/C26H20FIN2O4S/c1-16-4-2-5-18(10-16)15-34-22-9-8-17(11-21(22)28)12-23-25(32)30(26(33)35-23)14-24(31)29-20-7-3-6-19(27)13-20/h2-13H,14-15H2,1H3,(H,29,31)/b23-12+. The Balaban J connectivity index is 1.40. The van der Waals surface area contributed by atoms with Crippen LogP contribution < -0.4 is 10.1 Å². The Labute approximate surface area is 219 Å². The average Bonchev–Trinajstić information content (AvgIpc) is 3.06. The molecule has 1 aliphatic heterocycles. The zero-order chi connectivity index (χ0) is 24.9. The van der Waals surface area contributed by atoms with Gasteiger partial charge >= 0.3 is 0 Å². The second-order valence-corrected chi connectivity index (χ2v) is 9.95.